The first-order chi connectivity index (χ1) is 18.2. The lowest BCUT2D eigenvalue weighted by molar-refractivity contribution is -0.140. The molecule has 0 saturated heterocycles. The number of hydrogen-bond donors (Lipinski definition) is 3. The van der Waals surface area contributed by atoms with Crippen LogP contribution >= 0.6 is 0 Å². The molecule has 4 aromatic rings. The number of phenolic OH excluding ortho intramolecular Hbond substituents is 3. The van der Waals surface area contributed by atoms with Crippen LogP contribution in [-0.2, 0) is 9.53 Å². The minimum atomic E-state index is -1.06. The molecule has 0 aliphatic heterocycles. The number of aromatic hydroxyl groups is 3. The first-order valence-corrected chi connectivity index (χ1v) is 11.4. The third kappa shape index (κ3) is 4.52. The molecule has 0 amide bonds. The van der Waals surface area contributed by atoms with Crippen molar-refractivity contribution in [3.05, 3.63) is 69.9 Å². The summed E-state index contributed by atoms with van der Waals surface area (Å²) in [5, 5.41) is 31.9. The molecule has 0 radical (unpaired) electrons. The first kappa shape index (κ1) is 26.2. The van der Waals surface area contributed by atoms with Crippen LogP contribution in [-0.4, -0.2) is 49.7 Å². The van der Waals surface area contributed by atoms with Crippen molar-refractivity contribution in [2.45, 2.75) is 12.3 Å². The van der Waals surface area contributed by atoms with Crippen LogP contribution in [0.15, 0.2) is 57.7 Å². The molecular formula is C28H26O10. The minimum Gasteiger partial charge on any atom is -0.504 e. The van der Waals surface area contributed by atoms with E-state index in [2.05, 4.69) is 0 Å². The first-order valence-electron chi connectivity index (χ1n) is 11.4. The van der Waals surface area contributed by atoms with Crippen LogP contribution in [0, 0.1) is 0 Å². The Bertz CT molecular complexity index is 1530. The lowest BCUT2D eigenvalue weighted by atomic mass is 9.85. The van der Waals surface area contributed by atoms with E-state index < -0.39 is 34.6 Å². The third-order valence-electron chi connectivity index (χ3n) is 6.23. The molecular weight excluding hydrogens is 496 g/mol. The number of benzene rings is 3. The third-order valence-corrected chi connectivity index (χ3v) is 6.23. The topological polar surface area (TPSA) is 145 Å². The van der Waals surface area contributed by atoms with E-state index in [4.69, 9.17) is 23.4 Å². The van der Waals surface area contributed by atoms with Crippen molar-refractivity contribution >= 4 is 16.9 Å². The summed E-state index contributed by atoms with van der Waals surface area (Å²) in [4.78, 5) is 25.7. The highest BCUT2D eigenvalue weighted by atomic mass is 16.5. The maximum Gasteiger partial charge on any atom is 0.306 e. The monoisotopic (exact) mass is 522 g/mol. The number of ether oxygens (including phenoxy) is 4. The molecule has 0 aliphatic carbocycles. The van der Waals surface area contributed by atoms with Crippen molar-refractivity contribution in [1.29, 1.82) is 0 Å². The van der Waals surface area contributed by atoms with Gasteiger partial charge in [0.15, 0.2) is 28.4 Å². The Morgan fingerprint density at radius 2 is 1.50 bits per heavy atom. The van der Waals surface area contributed by atoms with Crippen molar-refractivity contribution in [3.8, 4) is 45.8 Å². The van der Waals surface area contributed by atoms with Crippen molar-refractivity contribution in [1.82, 2.24) is 0 Å². The zero-order valence-electron chi connectivity index (χ0n) is 21.1. The highest BCUT2D eigenvalue weighted by Gasteiger charge is 2.32. The minimum absolute atomic E-state index is 0.121. The van der Waals surface area contributed by atoms with Gasteiger partial charge in [-0.15, -0.1) is 0 Å². The molecule has 1 atom stereocenters. The normalized spacial score (nSPS) is 11.7. The number of rotatable bonds is 8. The number of methoxy groups -OCH3 is 4. The number of carbonyl (C=O) groups is 1. The number of phenols is 3. The van der Waals surface area contributed by atoms with E-state index in [9.17, 15) is 24.9 Å². The number of esters is 1. The maximum atomic E-state index is 13.2. The van der Waals surface area contributed by atoms with Gasteiger partial charge in [-0.25, -0.2) is 0 Å². The molecule has 198 valence electrons. The van der Waals surface area contributed by atoms with Crippen LogP contribution in [0.3, 0.4) is 0 Å². The Hall–Kier alpha value is -4.86. The zero-order chi connectivity index (χ0) is 27.6. The van der Waals surface area contributed by atoms with E-state index in [-0.39, 0.29) is 46.0 Å². The standard InChI is InChI=1S/C28H26O10/c1-34-19-10-15(11-20(35-2)27(19)37-4)16(12-21(30)36-3)22-24(31)26(33)25(32)23-17(29)13-18(38-28(22)23)14-8-6-5-7-9-14/h5-11,13,16,31-33H,12H2,1-4H3/t16-/m0/s1. The van der Waals surface area contributed by atoms with Gasteiger partial charge in [0.2, 0.25) is 11.5 Å². The molecule has 10 heteroatoms. The van der Waals surface area contributed by atoms with E-state index in [1.54, 1.807) is 42.5 Å². The van der Waals surface area contributed by atoms with Crippen LogP contribution in [0.5, 0.6) is 34.5 Å². The molecule has 4 rings (SSSR count). The summed E-state index contributed by atoms with van der Waals surface area (Å²) >= 11 is 0. The Morgan fingerprint density at radius 3 is 2.05 bits per heavy atom. The fourth-order valence-corrected chi connectivity index (χ4v) is 4.38. The van der Waals surface area contributed by atoms with Gasteiger partial charge < -0.3 is 38.7 Å². The van der Waals surface area contributed by atoms with Gasteiger partial charge in [0.25, 0.3) is 0 Å². The van der Waals surface area contributed by atoms with Gasteiger partial charge >= 0.3 is 5.97 Å². The average molecular weight is 523 g/mol. The Labute approximate surface area is 217 Å². The van der Waals surface area contributed by atoms with E-state index in [1.807, 2.05) is 0 Å². The maximum absolute atomic E-state index is 13.2. The van der Waals surface area contributed by atoms with E-state index in [0.29, 0.717) is 11.1 Å². The van der Waals surface area contributed by atoms with Gasteiger partial charge in [-0.3, -0.25) is 9.59 Å². The smallest absolute Gasteiger partial charge is 0.306 e. The molecule has 38 heavy (non-hydrogen) atoms. The molecule has 10 nitrogen and oxygen atoms in total. The summed E-state index contributed by atoms with van der Waals surface area (Å²) in [7, 11) is 5.47. The van der Waals surface area contributed by atoms with E-state index in [0.717, 1.165) is 0 Å². The molecule has 0 spiro atoms. The molecule has 0 aliphatic rings. The molecule has 0 bridgehead atoms. The zero-order valence-corrected chi connectivity index (χ0v) is 21.1. The molecule has 1 aromatic heterocycles. The second kappa shape index (κ2) is 10.6. The lowest BCUT2D eigenvalue weighted by Crippen LogP contribution is -2.13. The second-order valence-electron chi connectivity index (χ2n) is 8.30. The van der Waals surface area contributed by atoms with Crippen LogP contribution < -0.4 is 19.6 Å². The fourth-order valence-electron chi connectivity index (χ4n) is 4.38. The summed E-state index contributed by atoms with van der Waals surface area (Å²) in [6.45, 7) is 0. The van der Waals surface area contributed by atoms with Crippen molar-refractivity contribution in [2.24, 2.45) is 0 Å². The van der Waals surface area contributed by atoms with Crippen molar-refractivity contribution in [2.75, 3.05) is 28.4 Å². The molecule has 0 saturated carbocycles. The van der Waals surface area contributed by atoms with Gasteiger partial charge in [-0.2, -0.15) is 0 Å². The van der Waals surface area contributed by atoms with Gasteiger partial charge in [0.05, 0.1) is 34.9 Å². The Morgan fingerprint density at radius 1 is 0.868 bits per heavy atom. The second-order valence-corrected chi connectivity index (χ2v) is 8.30. The van der Waals surface area contributed by atoms with Gasteiger partial charge in [0.1, 0.15) is 16.7 Å². The SMILES string of the molecule is COC(=O)C[C@@H](c1cc(OC)c(OC)c(OC)c1)c1c(O)c(O)c(O)c2c(=O)cc(-c3ccccc3)oc12. The van der Waals surface area contributed by atoms with Crippen molar-refractivity contribution in [3.63, 3.8) is 0 Å². The highest BCUT2D eigenvalue weighted by Crippen LogP contribution is 2.51. The van der Waals surface area contributed by atoms with Crippen LogP contribution in [0.25, 0.3) is 22.3 Å². The molecule has 1 heterocycles. The molecule has 0 fully saturated rings. The van der Waals surface area contributed by atoms with Crippen LogP contribution in [0.2, 0.25) is 0 Å². The predicted octanol–water partition coefficient (Wildman–Crippen LogP) is 4.30. The Balaban J connectivity index is 2.12. The average Bonchev–Trinajstić information content (AvgIpc) is 2.94. The van der Waals surface area contributed by atoms with Crippen molar-refractivity contribution < 1.29 is 43.5 Å². The van der Waals surface area contributed by atoms with E-state index >= 15 is 0 Å². The number of carbonyl (C=O) groups excluding carboxylic acids is 1. The van der Waals surface area contributed by atoms with Gasteiger partial charge in [-0.1, -0.05) is 30.3 Å². The quantitative estimate of drug-likeness (QED) is 0.226. The van der Waals surface area contributed by atoms with Crippen LogP contribution in [0.4, 0.5) is 0 Å². The largest absolute Gasteiger partial charge is 0.504 e. The predicted molar refractivity (Wildman–Crippen MR) is 137 cm³/mol. The van der Waals surface area contributed by atoms with Gasteiger partial charge in [0, 0.05) is 23.1 Å². The van der Waals surface area contributed by atoms with Crippen LogP contribution in [0.1, 0.15) is 23.5 Å². The lowest BCUT2D eigenvalue weighted by Gasteiger charge is -2.23. The summed E-state index contributed by atoms with van der Waals surface area (Å²) < 4.78 is 27.3. The summed E-state index contributed by atoms with van der Waals surface area (Å²) in [5.74, 6) is -3.32. The summed E-state index contributed by atoms with van der Waals surface area (Å²) in [5.41, 5.74) is -0.0707. The summed E-state index contributed by atoms with van der Waals surface area (Å²) in [6.07, 6.45) is -0.346. The summed E-state index contributed by atoms with van der Waals surface area (Å²) in [6, 6.07) is 13.0. The highest BCUT2D eigenvalue weighted by molar-refractivity contribution is 5.93. The molecule has 0 unspecified atom stereocenters. The number of fused-ring (bicyclic) bond motifs is 1. The number of hydrogen-bond acceptors (Lipinski definition) is 10. The molecule has 3 aromatic carbocycles. The Kier molecular flexibility index (Phi) is 7.33. The van der Waals surface area contributed by atoms with E-state index in [1.165, 1.54) is 34.5 Å². The van der Waals surface area contributed by atoms with Gasteiger partial charge in [-0.05, 0) is 17.7 Å². The molecule has 3 N–H and O–H groups in total. The fraction of sp³-hybridized carbons (Fsp3) is 0.214.